The van der Waals surface area contributed by atoms with E-state index in [1.54, 1.807) is 0 Å². The van der Waals surface area contributed by atoms with Gasteiger partial charge in [0.05, 0.1) is 19.3 Å². The Kier molecular flexibility index (Phi) is 4.01. The van der Waals surface area contributed by atoms with E-state index in [1.807, 2.05) is 13.8 Å². The Labute approximate surface area is 102 Å². The van der Waals surface area contributed by atoms with E-state index in [2.05, 4.69) is 10.2 Å². The minimum atomic E-state index is -0.350. The Bertz CT molecular complexity index is 267. The SMILES string of the molecule is CCNC(=O)C(C)N1CCC2(CC1)OCCO2. The molecule has 2 aliphatic heterocycles. The van der Waals surface area contributed by atoms with Crippen molar-refractivity contribution in [2.75, 3.05) is 32.8 Å². The van der Waals surface area contributed by atoms with Crippen LogP contribution >= 0.6 is 0 Å². The van der Waals surface area contributed by atoms with Gasteiger partial charge in [-0.1, -0.05) is 0 Å². The van der Waals surface area contributed by atoms with Gasteiger partial charge in [0.25, 0.3) is 0 Å². The summed E-state index contributed by atoms with van der Waals surface area (Å²) in [6.45, 7) is 7.71. The number of nitrogens with one attached hydrogen (secondary N) is 1. The molecule has 0 radical (unpaired) electrons. The average molecular weight is 242 g/mol. The number of hydrogen-bond donors (Lipinski definition) is 1. The van der Waals surface area contributed by atoms with Crippen molar-refractivity contribution in [3.63, 3.8) is 0 Å². The minimum Gasteiger partial charge on any atom is -0.355 e. The van der Waals surface area contributed by atoms with Gasteiger partial charge in [0.15, 0.2) is 5.79 Å². The van der Waals surface area contributed by atoms with E-state index in [0.29, 0.717) is 19.8 Å². The monoisotopic (exact) mass is 242 g/mol. The molecule has 0 aromatic carbocycles. The number of piperidine rings is 1. The molecule has 98 valence electrons. The van der Waals surface area contributed by atoms with Crippen LogP contribution in [0.25, 0.3) is 0 Å². The van der Waals surface area contributed by atoms with E-state index in [9.17, 15) is 4.79 Å². The maximum Gasteiger partial charge on any atom is 0.237 e. The lowest BCUT2D eigenvalue weighted by molar-refractivity contribution is -0.188. The van der Waals surface area contributed by atoms with Gasteiger partial charge in [0.2, 0.25) is 5.91 Å². The summed E-state index contributed by atoms with van der Waals surface area (Å²) in [5.41, 5.74) is 0. The second kappa shape index (κ2) is 5.33. The summed E-state index contributed by atoms with van der Waals surface area (Å²) < 4.78 is 11.3. The van der Waals surface area contributed by atoms with Gasteiger partial charge in [0, 0.05) is 32.5 Å². The summed E-state index contributed by atoms with van der Waals surface area (Å²) in [6.07, 6.45) is 1.72. The van der Waals surface area contributed by atoms with Crippen molar-refractivity contribution in [2.24, 2.45) is 0 Å². The highest BCUT2D eigenvalue weighted by Gasteiger charge is 2.41. The zero-order valence-electron chi connectivity index (χ0n) is 10.7. The number of nitrogens with zero attached hydrogens (tertiary/aromatic N) is 1. The molecule has 1 atom stereocenters. The molecule has 0 aromatic rings. The highest BCUT2D eigenvalue weighted by molar-refractivity contribution is 5.81. The fourth-order valence-electron chi connectivity index (χ4n) is 2.53. The van der Waals surface area contributed by atoms with Crippen LogP contribution < -0.4 is 5.32 Å². The minimum absolute atomic E-state index is 0.0614. The first-order valence-corrected chi connectivity index (χ1v) is 6.46. The van der Waals surface area contributed by atoms with Gasteiger partial charge in [-0.05, 0) is 13.8 Å². The van der Waals surface area contributed by atoms with E-state index < -0.39 is 0 Å². The molecule has 0 saturated carbocycles. The quantitative estimate of drug-likeness (QED) is 0.776. The molecular formula is C12H22N2O3. The lowest BCUT2D eigenvalue weighted by Gasteiger charge is -2.39. The number of ether oxygens (including phenoxy) is 2. The van der Waals surface area contributed by atoms with E-state index in [4.69, 9.17) is 9.47 Å². The van der Waals surface area contributed by atoms with Crippen LogP contribution in [0.15, 0.2) is 0 Å². The largest absolute Gasteiger partial charge is 0.355 e. The predicted molar refractivity (Wildman–Crippen MR) is 63.6 cm³/mol. The van der Waals surface area contributed by atoms with Gasteiger partial charge < -0.3 is 14.8 Å². The second-order valence-electron chi connectivity index (χ2n) is 4.71. The van der Waals surface area contributed by atoms with Gasteiger partial charge in [-0.25, -0.2) is 0 Å². The average Bonchev–Trinajstić information content (AvgIpc) is 2.78. The number of likely N-dealkylation sites (N-methyl/N-ethyl adjacent to an activating group) is 1. The summed E-state index contributed by atoms with van der Waals surface area (Å²) in [5.74, 6) is -0.242. The molecule has 0 bridgehead atoms. The molecule has 1 N–H and O–H groups in total. The Morgan fingerprint density at radius 2 is 1.94 bits per heavy atom. The molecule has 1 amide bonds. The summed E-state index contributed by atoms with van der Waals surface area (Å²) in [4.78, 5) is 13.9. The van der Waals surface area contributed by atoms with Crippen LogP contribution in [0.4, 0.5) is 0 Å². The zero-order valence-corrected chi connectivity index (χ0v) is 10.7. The number of amides is 1. The summed E-state index contributed by atoms with van der Waals surface area (Å²) in [5, 5.41) is 2.86. The highest BCUT2D eigenvalue weighted by atomic mass is 16.7. The number of carbonyl (C=O) groups is 1. The predicted octanol–water partition coefficient (Wildman–Crippen LogP) is 0.350. The number of rotatable bonds is 3. The first-order valence-electron chi connectivity index (χ1n) is 6.46. The van der Waals surface area contributed by atoms with Crippen molar-refractivity contribution in [1.29, 1.82) is 0 Å². The molecule has 1 spiro atoms. The lowest BCUT2D eigenvalue weighted by atomic mass is 10.0. The molecule has 2 rings (SSSR count). The summed E-state index contributed by atoms with van der Waals surface area (Å²) in [7, 11) is 0. The fraction of sp³-hybridized carbons (Fsp3) is 0.917. The van der Waals surface area contributed by atoms with Crippen molar-refractivity contribution in [1.82, 2.24) is 10.2 Å². The van der Waals surface area contributed by atoms with Gasteiger partial charge >= 0.3 is 0 Å². The standard InChI is InChI=1S/C12H22N2O3/c1-3-13-11(15)10(2)14-6-4-12(5-7-14)16-8-9-17-12/h10H,3-9H2,1-2H3,(H,13,15). The number of likely N-dealkylation sites (tertiary alicyclic amines) is 1. The third-order valence-corrected chi connectivity index (χ3v) is 3.65. The summed E-state index contributed by atoms with van der Waals surface area (Å²) in [6, 6.07) is -0.0614. The number of carbonyl (C=O) groups excluding carboxylic acids is 1. The van der Waals surface area contributed by atoms with Gasteiger partial charge in [-0.15, -0.1) is 0 Å². The van der Waals surface area contributed by atoms with Crippen molar-refractivity contribution < 1.29 is 14.3 Å². The summed E-state index contributed by atoms with van der Waals surface area (Å²) >= 11 is 0. The van der Waals surface area contributed by atoms with Crippen LogP contribution in [0, 0.1) is 0 Å². The van der Waals surface area contributed by atoms with Gasteiger partial charge in [-0.3, -0.25) is 9.69 Å². The first-order chi connectivity index (χ1) is 8.17. The van der Waals surface area contributed by atoms with E-state index in [0.717, 1.165) is 25.9 Å². The molecular weight excluding hydrogens is 220 g/mol. The fourth-order valence-corrected chi connectivity index (χ4v) is 2.53. The smallest absolute Gasteiger partial charge is 0.237 e. The third-order valence-electron chi connectivity index (χ3n) is 3.65. The van der Waals surface area contributed by atoms with Crippen LogP contribution in [0.1, 0.15) is 26.7 Å². The second-order valence-corrected chi connectivity index (χ2v) is 4.71. The van der Waals surface area contributed by atoms with Crippen LogP contribution in [0.3, 0.4) is 0 Å². The van der Waals surface area contributed by atoms with Gasteiger partial charge in [-0.2, -0.15) is 0 Å². The molecule has 5 nitrogen and oxygen atoms in total. The topological polar surface area (TPSA) is 50.8 Å². The first kappa shape index (κ1) is 12.8. The molecule has 5 heteroatoms. The lowest BCUT2D eigenvalue weighted by Crippen LogP contribution is -2.52. The molecule has 17 heavy (non-hydrogen) atoms. The highest BCUT2D eigenvalue weighted by Crippen LogP contribution is 2.31. The normalized spacial score (nSPS) is 26.0. The molecule has 0 aliphatic carbocycles. The van der Waals surface area contributed by atoms with Crippen molar-refractivity contribution in [3.05, 3.63) is 0 Å². The molecule has 2 heterocycles. The Morgan fingerprint density at radius 1 is 1.35 bits per heavy atom. The molecule has 0 aromatic heterocycles. The maximum atomic E-state index is 11.7. The molecule has 1 unspecified atom stereocenters. The molecule has 2 saturated heterocycles. The van der Waals surface area contributed by atoms with Crippen LogP contribution in [0.2, 0.25) is 0 Å². The van der Waals surface area contributed by atoms with E-state index in [-0.39, 0.29) is 17.7 Å². The van der Waals surface area contributed by atoms with Crippen molar-refractivity contribution >= 4 is 5.91 Å². The Morgan fingerprint density at radius 3 is 2.47 bits per heavy atom. The van der Waals surface area contributed by atoms with Crippen LogP contribution in [-0.4, -0.2) is 55.5 Å². The maximum absolute atomic E-state index is 11.7. The molecule has 2 fully saturated rings. The van der Waals surface area contributed by atoms with Crippen LogP contribution in [0.5, 0.6) is 0 Å². The Hall–Kier alpha value is -0.650. The van der Waals surface area contributed by atoms with Crippen molar-refractivity contribution in [2.45, 2.75) is 38.5 Å². The van der Waals surface area contributed by atoms with E-state index in [1.165, 1.54) is 0 Å². The van der Waals surface area contributed by atoms with Crippen molar-refractivity contribution in [3.8, 4) is 0 Å². The Balaban J connectivity index is 1.83. The third kappa shape index (κ3) is 2.78. The number of hydrogen-bond acceptors (Lipinski definition) is 4. The van der Waals surface area contributed by atoms with E-state index >= 15 is 0 Å². The zero-order chi connectivity index (χ0) is 12.3. The van der Waals surface area contributed by atoms with Crippen LogP contribution in [-0.2, 0) is 14.3 Å². The molecule has 2 aliphatic rings. The van der Waals surface area contributed by atoms with Gasteiger partial charge in [0.1, 0.15) is 0 Å².